The molecule has 0 spiro atoms. The molecular formula is C21H31N3O4. The van der Waals surface area contributed by atoms with Gasteiger partial charge in [-0.25, -0.2) is 4.79 Å². The third-order valence-electron chi connectivity index (χ3n) is 4.99. The summed E-state index contributed by atoms with van der Waals surface area (Å²) in [7, 11) is 0. The highest BCUT2D eigenvalue weighted by Gasteiger charge is 2.25. The number of piperidine rings is 1. The van der Waals surface area contributed by atoms with E-state index in [1.54, 1.807) is 16.7 Å². The summed E-state index contributed by atoms with van der Waals surface area (Å²) in [6, 6.07) is 7.83. The summed E-state index contributed by atoms with van der Waals surface area (Å²) in [5.74, 6) is -0.147. The molecule has 2 rings (SSSR count). The van der Waals surface area contributed by atoms with E-state index < -0.39 is 0 Å². The maximum Gasteiger partial charge on any atom is 0.409 e. The topological polar surface area (TPSA) is 79.0 Å². The second-order valence-corrected chi connectivity index (χ2v) is 6.93. The highest BCUT2D eigenvalue weighted by Crippen LogP contribution is 2.21. The minimum atomic E-state index is -0.293. The van der Waals surface area contributed by atoms with E-state index in [4.69, 9.17) is 4.74 Å². The van der Waals surface area contributed by atoms with Gasteiger partial charge < -0.3 is 19.9 Å². The molecule has 1 saturated heterocycles. The number of hydrogen-bond donors (Lipinski definition) is 1. The lowest BCUT2D eigenvalue weighted by Gasteiger charge is -2.31. The number of carbonyl (C=O) groups excluding carboxylic acids is 3. The molecule has 1 aromatic rings. The molecule has 0 atom stereocenters. The number of nitrogens with zero attached hydrogens (tertiary/aromatic N) is 2. The van der Waals surface area contributed by atoms with Crippen LogP contribution in [0, 0.1) is 0 Å². The number of rotatable bonds is 7. The van der Waals surface area contributed by atoms with Gasteiger partial charge in [-0.3, -0.25) is 9.59 Å². The number of hydrogen-bond acceptors (Lipinski definition) is 4. The van der Waals surface area contributed by atoms with Crippen molar-refractivity contribution >= 4 is 23.6 Å². The molecule has 1 aliphatic heterocycles. The van der Waals surface area contributed by atoms with Crippen LogP contribution in [0.3, 0.4) is 0 Å². The molecular weight excluding hydrogens is 358 g/mol. The number of ether oxygens (including phenoxy) is 1. The van der Waals surface area contributed by atoms with Gasteiger partial charge in [-0.2, -0.15) is 0 Å². The van der Waals surface area contributed by atoms with Crippen molar-refractivity contribution < 1.29 is 19.1 Å². The number of anilines is 1. The molecule has 1 aliphatic rings. The van der Waals surface area contributed by atoms with E-state index in [1.165, 1.54) is 6.92 Å². The van der Waals surface area contributed by atoms with Gasteiger partial charge in [0.05, 0.1) is 6.61 Å². The van der Waals surface area contributed by atoms with Crippen LogP contribution in [0.4, 0.5) is 10.5 Å². The summed E-state index contributed by atoms with van der Waals surface area (Å²) in [5.41, 5.74) is 1.96. The maximum atomic E-state index is 12.4. The van der Waals surface area contributed by atoms with E-state index in [0.717, 1.165) is 17.7 Å². The van der Waals surface area contributed by atoms with E-state index in [9.17, 15) is 14.4 Å². The molecule has 7 heteroatoms. The van der Waals surface area contributed by atoms with E-state index in [2.05, 4.69) is 5.32 Å². The van der Waals surface area contributed by atoms with Crippen molar-refractivity contribution in [2.24, 2.45) is 0 Å². The molecule has 3 amide bonds. The first-order valence-corrected chi connectivity index (χ1v) is 10.0. The fourth-order valence-corrected chi connectivity index (χ4v) is 3.45. The average Bonchev–Trinajstić information content (AvgIpc) is 2.69. The average molecular weight is 389 g/mol. The molecule has 0 unspecified atom stereocenters. The van der Waals surface area contributed by atoms with Gasteiger partial charge >= 0.3 is 6.09 Å². The van der Waals surface area contributed by atoms with Gasteiger partial charge in [0.15, 0.2) is 0 Å². The Kier molecular flexibility index (Phi) is 8.29. The molecule has 1 N–H and O–H groups in total. The number of aryl methyl sites for hydroxylation is 1. The molecule has 0 bridgehead atoms. The number of carbonyl (C=O) groups is 3. The summed E-state index contributed by atoms with van der Waals surface area (Å²) >= 11 is 0. The van der Waals surface area contributed by atoms with Gasteiger partial charge in [0.1, 0.15) is 0 Å². The predicted molar refractivity (Wildman–Crippen MR) is 108 cm³/mol. The van der Waals surface area contributed by atoms with Crippen molar-refractivity contribution in [3.05, 3.63) is 29.8 Å². The molecule has 0 aliphatic carbocycles. The third-order valence-corrected chi connectivity index (χ3v) is 4.99. The van der Waals surface area contributed by atoms with Crippen molar-refractivity contribution in [3.63, 3.8) is 0 Å². The quantitative estimate of drug-likeness (QED) is 0.778. The summed E-state index contributed by atoms with van der Waals surface area (Å²) in [5, 5.41) is 3.03. The van der Waals surface area contributed by atoms with E-state index in [0.29, 0.717) is 39.1 Å². The highest BCUT2D eigenvalue weighted by molar-refractivity contribution is 5.93. The lowest BCUT2D eigenvalue weighted by molar-refractivity contribution is -0.122. The van der Waals surface area contributed by atoms with Crippen LogP contribution >= 0.6 is 0 Å². The van der Waals surface area contributed by atoms with Gasteiger partial charge in [-0.15, -0.1) is 0 Å². The number of benzene rings is 1. The van der Waals surface area contributed by atoms with Crippen LogP contribution in [0.5, 0.6) is 0 Å². The molecule has 0 saturated carbocycles. The lowest BCUT2D eigenvalue weighted by atomic mass is 10.1. The van der Waals surface area contributed by atoms with Gasteiger partial charge in [-0.1, -0.05) is 25.1 Å². The summed E-state index contributed by atoms with van der Waals surface area (Å²) in [4.78, 5) is 39.6. The van der Waals surface area contributed by atoms with Crippen molar-refractivity contribution in [2.45, 2.75) is 52.5 Å². The minimum Gasteiger partial charge on any atom is -0.450 e. The Bertz CT molecular complexity index is 684. The van der Waals surface area contributed by atoms with Crippen LogP contribution in [-0.4, -0.2) is 55.1 Å². The number of nitrogens with one attached hydrogen (secondary N) is 1. The summed E-state index contributed by atoms with van der Waals surface area (Å²) < 4.78 is 5.01. The van der Waals surface area contributed by atoms with Crippen molar-refractivity contribution in [1.82, 2.24) is 10.2 Å². The largest absolute Gasteiger partial charge is 0.450 e. The van der Waals surface area contributed by atoms with E-state index in [1.807, 2.05) is 31.2 Å². The molecule has 1 heterocycles. The van der Waals surface area contributed by atoms with Crippen molar-refractivity contribution in [2.75, 3.05) is 31.1 Å². The zero-order valence-corrected chi connectivity index (χ0v) is 17.1. The number of amides is 3. The number of para-hydroxylation sites is 1. The van der Waals surface area contributed by atoms with E-state index >= 15 is 0 Å². The standard InChI is InChI=1S/C21H31N3O4/c1-4-17-8-6-7-9-19(17)24(16(3)25)15-12-20(26)22-18-10-13-23(14-11-18)21(27)28-5-2/h6-9,18H,4-5,10-15H2,1-3H3,(H,22,26). The predicted octanol–water partition coefficient (Wildman–Crippen LogP) is 2.73. The summed E-state index contributed by atoms with van der Waals surface area (Å²) in [6.45, 7) is 7.22. The van der Waals surface area contributed by atoms with Crippen LogP contribution < -0.4 is 10.2 Å². The Morgan fingerprint density at radius 2 is 1.86 bits per heavy atom. The Labute approximate surface area is 167 Å². The van der Waals surface area contributed by atoms with Crippen LogP contribution in [0.1, 0.15) is 45.6 Å². The fourth-order valence-electron chi connectivity index (χ4n) is 3.45. The maximum absolute atomic E-state index is 12.4. The van der Waals surface area contributed by atoms with E-state index in [-0.39, 0.29) is 30.4 Å². The molecule has 28 heavy (non-hydrogen) atoms. The molecule has 154 valence electrons. The fraction of sp³-hybridized carbons (Fsp3) is 0.571. The SMILES string of the molecule is CCOC(=O)N1CCC(NC(=O)CCN(C(C)=O)c2ccccc2CC)CC1. The lowest BCUT2D eigenvalue weighted by Crippen LogP contribution is -2.47. The Morgan fingerprint density at radius 3 is 2.46 bits per heavy atom. The van der Waals surface area contributed by atoms with Crippen LogP contribution in [-0.2, 0) is 20.7 Å². The van der Waals surface area contributed by atoms with Crippen LogP contribution in [0.15, 0.2) is 24.3 Å². The number of likely N-dealkylation sites (tertiary alicyclic amines) is 1. The van der Waals surface area contributed by atoms with Gasteiger partial charge in [0.25, 0.3) is 0 Å². The first kappa shape index (κ1) is 21.7. The first-order valence-electron chi connectivity index (χ1n) is 10.0. The monoisotopic (exact) mass is 389 g/mol. The van der Waals surface area contributed by atoms with Crippen LogP contribution in [0.2, 0.25) is 0 Å². The Hall–Kier alpha value is -2.57. The zero-order valence-electron chi connectivity index (χ0n) is 17.1. The van der Waals surface area contributed by atoms with Crippen molar-refractivity contribution in [3.8, 4) is 0 Å². The molecule has 7 nitrogen and oxygen atoms in total. The first-order chi connectivity index (χ1) is 13.5. The van der Waals surface area contributed by atoms with Crippen molar-refractivity contribution in [1.29, 1.82) is 0 Å². The molecule has 0 aromatic heterocycles. The normalized spacial score (nSPS) is 14.5. The molecule has 1 aromatic carbocycles. The second-order valence-electron chi connectivity index (χ2n) is 6.93. The Balaban J connectivity index is 1.84. The highest BCUT2D eigenvalue weighted by atomic mass is 16.6. The molecule has 1 fully saturated rings. The molecule has 0 radical (unpaired) electrons. The van der Waals surface area contributed by atoms with Gasteiger partial charge in [0.2, 0.25) is 11.8 Å². The smallest absolute Gasteiger partial charge is 0.409 e. The van der Waals surface area contributed by atoms with Crippen LogP contribution in [0.25, 0.3) is 0 Å². The zero-order chi connectivity index (χ0) is 20.5. The van der Waals surface area contributed by atoms with Gasteiger partial charge in [-0.05, 0) is 37.8 Å². The third kappa shape index (κ3) is 5.97. The second kappa shape index (κ2) is 10.7. The van der Waals surface area contributed by atoms with Gasteiger partial charge in [0, 0.05) is 44.7 Å². The Morgan fingerprint density at radius 1 is 1.18 bits per heavy atom. The summed E-state index contributed by atoms with van der Waals surface area (Å²) in [6.07, 6.45) is 2.19. The minimum absolute atomic E-state index is 0.0480.